The molecule has 0 atom stereocenters. The van der Waals surface area contributed by atoms with Crippen LogP contribution in [-0.2, 0) is 4.79 Å². The molecule has 0 spiro atoms. The maximum atomic E-state index is 12.2. The molecule has 4 heterocycles. The largest absolute Gasteiger partial charge is 0.362 e. The van der Waals surface area contributed by atoms with Crippen LogP contribution in [0.25, 0.3) is 17.3 Å². The second-order valence-corrected chi connectivity index (χ2v) is 6.83. The maximum absolute atomic E-state index is 12.2. The monoisotopic (exact) mass is 356 g/mol. The van der Waals surface area contributed by atoms with Gasteiger partial charge in [-0.3, -0.25) is 20.1 Å². The minimum Gasteiger partial charge on any atom is -0.362 e. The summed E-state index contributed by atoms with van der Waals surface area (Å²) in [6.45, 7) is 1.55. The SMILES string of the molecule is N=c1c(=Cc2ccc[nH]2)c(=O)nc2sc(=CC(=O)N3CCCC3)[nH]n1-2. The van der Waals surface area contributed by atoms with E-state index >= 15 is 0 Å². The molecule has 3 aliphatic heterocycles. The highest BCUT2D eigenvalue weighted by Crippen LogP contribution is 2.08. The lowest BCUT2D eigenvalue weighted by Gasteiger charge is -2.10. The van der Waals surface area contributed by atoms with Gasteiger partial charge in [-0.15, -0.1) is 0 Å². The average Bonchev–Trinajstić information content (AvgIpc) is 3.32. The van der Waals surface area contributed by atoms with Gasteiger partial charge in [-0.05, 0) is 31.1 Å². The lowest BCUT2D eigenvalue weighted by molar-refractivity contribution is -0.123. The first kappa shape index (κ1) is 15.6. The van der Waals surface area contributed by atoms with Crippen molar-refractivity contribution in [2.75, 3.05) is 13.1 Å². The molecule has 4 rings (SSSR count). The Balaban J connectivity index is 1.83. The van der Waals surface area contributed by atoms with Crippen molar-refractivity contribution in [1.29, 1.82) is 5.41 Å². The molecule has 0 unspecified atom stereocenters. The quantitative estimate of drug-likeness (QED) is 0.553. The standard InChI is InChI=1S/C16H16N6O2S/c17-14-11(8-10-4-3-5-18-10)15(24)19-16-22(14)20-12(25-16)9-13(23)21-6-1-2-7-21/h3-5,8-9,17-18,20H,1-2,6-7H2. The summed E-state index contributed by atoms with van der Waals surface area (Å²) in [6.07, 6.45) is 6.89. The first-order valence-corrected chi connectivity index (χ1v) is 8.76. The molecule has 25 heavy (non-hydrogen) atoms. The first-order chi connectivity index (χ1) is 12.1. The maximum Gasteiger partial charge on any atom is 0.283 e. The van der Waals surface area contributed by atoms with E-state index in [1.165, 1.54) is 22.1 Å². The van der Waals surface area contributed by atoms with E-state index in [4.69, 9.17) is 5.41 Å². The zero-order chi connectivity index (χ0) is 17.4. The number of hydrogen-bond acceptors (Lipinski definition) is 5. The number of H-pyrrole nitrogens is 2. The van der Waals surface area contributed by atoms with Crippen LogP contribution in [0.4, 0.5) is 0 Å². The summed E-state index contributed by atoms with van der Waals surface area (Å²) in [6, 6.07) is 3.62. The first-order valence-electron chi connectivity index (χ1n) is 7.94. The fourth-order valence-corrected chi connectivity index (χ4v) is 3.69. The van der Waals surface area contributed by atoms with Crippen LogP contribution >= 0.6 is 11.3 Å². The van der Waals surface area contributed by atoms with Gasteiger partial charge in [0, 0.05) is 31.1 Å². The summed E-state index contributed by atoms with van der Waals surface area (Å²) in [5.41, 5.74) is 0.264. The van der Waals surface area contributed by atoms with Gasteiger partial charge in [0.2, 0.25) is 11.0 Å². The fourth-order valence-electron chi connectivity index (χ4n) is 2.84. The molecule has 8 nitrogen and oxygen atoms in total. The highest BCUT2D eigenvalue weighted by Gasteiger charge is 2.16. The summed E-state index contributed by atoms with van der Waals surface area (Å²) in [4.78, 5) is 33.3. The summed E-state index contributed by atoms with van der Waals surface area (Å²) in [7, 11) is 0. The predicted molar refractivity (Wildman–Crippen MR) is 93.0 cm³/mol. The molecule has 0 aliphatic carbocycles. The second-order valence-electron chi connectivity index (χ2n) is 5.82. The van der Waals surface area contributed by atoms with Crippen LogP contribution in [0.3, 0.4) is 0 Å². The van der Waals surface area contributed by atoms with E-state index < -0.39 is 5.56 Å². The summed E-state index contributed by atoms with van der Waals surface area (Å²) >= 11 is 1.18. The molecule has 9 heteroatoms. The summed E-state index contributed by atoms with van der Waals surface area (Å²) < 4.78 is 1.98. The number of fused-ring (bicyclic) bond motifs is 1. The Morgan fingerprint density at radius 3 is 2.88 bits per heavy atom. The molecule has 1 aromatic rings. The van der Waals surface area contributed by atoms with Crippen molar-refractivity contribution in [3.63, 3.8) is 0 Å². The molecule has 3 aliphatic rings. The van der Waals surface area contributed by atoms with E-state index in [0.717, 1.165) is 31.6 Å². The van der Waals surface area contributed by atoms with Crippen LogP contribution in [-0.4, -0.2) is 43.6 Å². The number of nitrogens with zero attached hydrogens (tertiary/aromatic N) is 3. The van der Waals surface area contributed by atoms with Gasteiger partial charge in [-0.2, -0.15) is 4.98 Å². The van der Waals surface area contributed by atoms with Gasteiger partial charge in [-0.25, -0.2) is 4.68 Å². The van der Waals surface area contributed by atoms with Crippen LogP contribution in [0, 0.1) is 5.41 Å². The highest BCUT2D eigenvalue weighted by molar-refractivity contribution is 7.11. The Morgan fingerprint density at radius 2 is 2.16 bits per heavy atom. The number of nitrogens with one attached hydrogen (secondary N) is 3. The third-order valence-corrected chi connectivity index (χ3v) is 5.00. The van der Waals surface area contributed by atoms with Crippen LogP contribution in [0.15, 0.2) is 23.1 Å². The van der Waals surface area contributed by atoms with E-state index in [2.05, 4.69) is 15.1 Å². The van der Waals surface area contributed by atoms with E-state index in [0.29, 0.717) is 9.79 Å². The van der Waals surface area contributed by atoms with Gasteiger partial charge < -0.3 is 9.88 Å². The van der Waals surface area contributed by atoms with Gasteiger partial charge in [0.1, 0.15) is 4.66 Å². The van der Waals surface area contributed by atoms with Crippen LogP contribution in [0.5, 0.6) is 0 Å². The van der Waals surface area contributed by atoms with Crippen molar-refractivity contribution < 1.29 is 4.79 Å². The van der Waals surface area contributed by atoms with Crippen LogP contribution in [0.2, 0.25) is 0 Å². The number of aromatic amines is 2. The van der Waals surface area contributed by atoms with Crippen molar-refractivity contribution in [1.82, 2.24) is 24.6 Å². The minimum atomic E-state index is -0.465. The molecule has 1 fully saturated rings. The van der Waals surface area contributed by atoms with E-state index in [-0.39, 0.29) is 16.6 Å². The molecule has 0 saturated carbocycles. The number of carbonyl (C=O) groups is 1. The van der Waals surface area contributed by atoms with E-state index in [1.807, 2.05) is 6.07 Å². The molecular formula is C16H16N6O2S. The lowest BCUT2D eigenvalue weighted by Crippen LogP contribution is -2.47. The molecule has 1 saturated heterocycles. The predicted octanol–water partition coefficient (Wildman–Crippen LogP) is -0.901. The van der Waals surface area contributed by atoms with Gasteiger partial charge in [0.15, 0.2) is 5.49 Å². The zero-order valence-corrected chi connectivity index (χ0v) is 14.1. The van der Waals surface area contributed by atoms with Gasteiger partial charge in [0.25, 0.3) is 5.56 Å². The number of aromatic nitrogens is 4. The molecular weight excluding hydrogens is 340 g/mol. The Kier molecular flexibility index (Phi) is 3.85. The van der Waals surface area contributed by atoms with Gasteiger partial charge in [0.05, 0.1) is 5.22 Å². The van der Waals surface area contributed by atoms with Crippen LogP contribution in [0.1, 0.15) is 18.5 Å². The molecule has 1 amide bonds. The van der Waals surface area contributed by atoms with Crippen molar-refractivity contribution in [2.45, 2.75) is 12.8 Å². The van der Waals surface area contributed by atoms with Gasteiger partial charge in [-0.1, -0.05) is 11.3 Å². The Bertz CT molecular complexity index is 1110. The van der Waals surface area contributed by atoms with Gasteiger partial charge >= 0.3 is 0 Å². The van der Waals surface area contributed by atoms with E-state index in [1.54, 1.807) is 23.2 Å². The third-order valence-electron chi connectivity index (χ3n) is 4.12. The molecule has 128 valence electrons. The molecule has 0 bridgehead atoms. The number of rotatable bonds is 2. The normalized spacial score (nSPS) is 16.2. The van der Waals surface area contributed by atoms with Crippen molar-refractivity contribution in [3.05, 3.63) is 49.7 Å². The number of likely N-dealkylation sites (tertiary alicyclic amines) is 1. The molecule has 0 radical (unpaired) electrons. The fraction of sp³-hybridized carbons (Fsp3) is 0.250. The lowest BCUT2D eigenvalue weighted by atomic mass is 10.3. The zero-order valence-electron chi connectivity index (χ0n) is 13.3. The average molecular weight is 356 g/mol. The Morgan fingerprint density at radius 1 is 1.36 bits per heavy atom. The Labute approximate surface area is 145 Å². The highest BCUT2D eigenvalue weighted by atomic mass is 32.1. The molecule has 1 aromatic heterocycles. The van der Waals surface area contributed by atoms with Crippen molar-refractivity contribution >= 4 is 29.4 Å². The van der Waals surface area contributed by atoms with Crippen molar-refractivity contribution in [3.8, 4) is 5.13 Å². The van der Waals surface area contributed by atoms with Crippen LogP contribution < -0.4 is 20.9 Å². The molecule has 3 N–H and O–H groups in total. The van der Waals surface area contributed by atoms with Crippen molar-refractivity contribution in [2.24, 2.45) is 0 Å². The second kappa shape index (κ2) is 6.17. The number of hydrogen-bond donors (Lipinski definition) is 3. The summed E-state index contributed by atoms with van der Waals surface area (Å²) in [5.74, 6) is -0.0621. The van der Waals surface area contributed by atoms with E-state index in [9.17, 15) is 9.59 Å². The number of amides is 1. The number of carbonyl (C=O) groups excluding carboxylic acids is 1. The summed E-state index contributed by atoms with van der Waals surface area (Å²) in [5, 5.41) is 11.8. The smallest absolute Gasteiger partial charge is 0.283 e. The minimum absolute atomic E-state index is 0.00845. The Hall–Kier alpha value is -2.94. The topological polar surface area (TPSA) is 111 Å². The molecule has 0 aromatic carbocycles. The third kappa shape index (κ3) is 2.93.